The second-order valence-corrected chi connectivity index (χ2v) is 13.8. The minimum absolute atomic E-state index is 0.154. The van der Waals surface area contributed by atoms with Crippen molar-refractivity contribution in [2.75, 3.05) is 19.8 Å². The van der Waals surface area contributed by atoms with Crippen molar-refractivity contribution in [1.82, 2.24) is 0 Å². The Kier molecular flexibility index (Phi) is 30.3. The second kappa shape index (κ2) is 31.5. The van der Waals surface area contributed by atoms with E-state index in [-0.39, 0.29) is 19.4 Å². The molecule has 0 radical (unpaired) electrons. The number of hydrogen-bond donors (Lipinski definition) is 3. The Morgan fingerprint density at radius 3 is 1.55 bits per heavy atom. The highest BCUT2D eigenvalue weighted by Gasteiger charge is 2.28. The van der Waals surface area contributed by atoms with Crippen molar-refractivity contribution in [2.45, 2.75) is 174 Å². The summed E-state index contributed by atoms with van der Waals surface area (Å²) >= 11 is 0. The minimum Gasteiger partial charge on any atom is -0.480 e. The highest BCUT2D eigenvalue weighted by molar-refractivity contribution is 7.47. The van der Waals surface area contributed by atoms with E-state index in [4.69, 9.17) is 24.8 Å². The molecule has 4 N–H and O–H groups in total. The van der Waals surface area contributed by atoms with E-state index < -0.39 is 51.1 Å². The average molecular weight is 692 g/mol. The fourth-order valence-electron chi connectivity index (χ4n) is 4.82. The molecule has 0 aromatic carbocycles. The minimum atomic E-state index is -4.70. The van der Waals surface area contributed by atoms with Gasteiger partial charge < -0.3 is 25.2 Å². The van der Waals surface area contributed by atoms with Crippen LogP contribution in [0.5, 0.6) is 0 Å². The zero-order chi connectivity index (χ0) is 35.0. The van der Waals surface area contributed by atoms with Gasteiger partial charge in [-0.05, 0) is 38.5 Å². The number of allylic oxidation sites excluding steroid dienone is 2. The molecule has 3 atom stereocenters. The van der Waals surface area contributed by atoms with Gasteiger partial charge in [0.2, 0.25) is 0 Å². The van der Waals surface area contributed by atoms with Crippen molar-refractivity contribution in [3.63, 3.8) is 0 Å². The molecule has 0 aliphatic carbocycles. The molecule has 0 fully saturated rings. The van der Waals surface area contributed by atoms with Crippen molar-refractivity contribution in [1.29, 1.82) is 0 Å². The fraction of sp³-hybridized carbons (Fsp3) is 0.857. The van der Waals surface area contributed by atoms with Gasteiger partial charge in [-0.2, -0.15) is 0 Å². The molecule has 0 spiro atoms. The monoisotopic (exact) mass is 691 g/mol. The molecule has 0 aromatic heterocycles. The number of esters is 2. The quantitative estimate of drug-likeness (QED) is 0.0255. The van der Waals surface area contributed by atoms with Crippen LogP contribution in [-0.2, 0) is 37.5 Å². The number of carbonyl (C=O) groups excluding carboxylic acids is 2. The summed E-state index contributed by atoms with van der Waals surface area (Å²) in [5.41, 5.74) is 5.30. The first-order valence-corrected chi connectivity index (χ1v) is 19.7. The van der Waals surface area contributed by atoms with Gasteiger partial charge in [0.05, 0.1) is 13.2 Å². The van der Waals surface area contributed by atoms with Crippen LogP contribution in [0.3, 0.4) is 0 Å². The molecule has 0 aliphatic heterocycles. The van der Waals surface area contributed by atoms with E-state index in [9.17, 15) is 23.8 Å². The number of ether oxygens (including phenoxy) is 2. The van der Waals surface area contributed by atoms with E-state index in [1.165, 1.54) is 64.2 Å². The molecule has 0 amide bonds. The SMILES string of the molecule is CCCCCCC/C=C/CCCCCCCC(=O)O[C@H](COC(=O)CCCCCCCCCCC)COP(=O)(O)OC[C@H](N)C(=O)O. The number of phosphoric ester groups is 1. The van der Waals surface area contributed by atoms with Crippen molar-refractivity contribution >= 4 is 25.7 Å². The molecule has 12 heteroatoms. The first-order valence-electron chi connectivity index (χ1n) is 18.2. The lowest BCUT2D eigenvalue weighted by Gasteiger charge is -2.20. The maximum absolute atomic E-state index is 12.5. The number of nitrogens with two attached hydrogens (primary N) is 1. The predicted molar refractivity (Wildman–Crippen MR) is 185 cm³/mol. The molecule has 0 saturated heterocycles. The molecule has 0 aromatic rings. The van der Waals surface area contributed by atoms with E-state index in [1.54, 1.807) is 0 Å². The van der Waals surface area contributed by atoms with Gasteiger partial charge in [-0.1, -0.05) is 122 Å². The van der Waals surface area contributed by atoms with Crippen LogP contribution in [0.1, 0.15) is 162 Å². The maximum Gasteiger partial charge on any atom is 0.472 e. The molecule has 0 saturated carbocycles. The molecule has 0 rings (SSSR count). The Balaban J connectivity index is 4.46. The molecule has 11 nitrogen and oxygen atoms in total. The Bertz CT molecular complexity index is 869. The molecular weight excluding hydrogens is 625 g/mol. The summed E-state index contributed by atoms with van der Waals surface area (Å²) in [5.74, 6) is -2.39. The standard InChI is InChI=1S/C35H66NO10P/c1-3-5-7-9-11-13-14-15-16-17-19-21-23-25-27-34(38)46-31(29-44-47(41,42)45-30-32(36)35(39)40)28-43-33(37)26-24-22-20-18-12-10-8-6-4-2/h14-15,31-32H,3-13,16-30,36H2,1-2H3,(H,39,40)(H,41,42)/b15-14+/t31-,32+/m1/s1. The van der Waals surface area contributed by atoms with Gasteiger partial charge in [0.15, 0.2) is 6.10 Å². The van der Waals surface area contributed by atoms with Crippen molar-refractivity contribution in [3.05, 3.63) is 12.2 Å². The normalized spacial score (nSPS) is 14.1. The lowest BCUT2D eigenvalue weighted by Crippen LogP contribution is -2.34. The largest absolute Gasteiger partial charge is 0.480 e. The third-order valence-electron chi connectivity index (χ3n) is 7.76. The summed E-state index contributed by atoms with van der Waals surface area (Å²) in [4.78, 5) is 45.6. The number of hydrogen-bond acceptors (Lipinski definition) is 9. The summed E-state index contributed by atoms with van der Waals surface area (Å²) < 4.78 is 32.4. The Labute approximate surface area is 284 Å². The summed E-state index contributed by atoms with van der Waals surface area (Å²) in [6, 6.07) is -1.52. The van der Waals surface area contributed by atoms with Gasteiger partial charge in [-0.3, -0.25) is 23.4 Å². The highest BCUT2D eigenvalue weighted by Crippen LogP contribution is 2.43. The number of rotatable bonds is 34. The molecule has 1 unspecified atom stereocenters. The smallest absolute Gasteiger partial charge is 0.472 e. The summed E-state index contributed by atoms with van der Waals surface area (Å²) in [5, 5.41) is 8.84. The van der Waals surface area contributed by atoms with Gasteiger partial charge in [0.1, 0.15) is 12.6 Å². The summed E-state index contributed by atoms with van der Waals surface area (Å²) in [6.45, 7) is 2.74. The van der Waals surface area contributed by atoms with E-state index >= 15 is 0 Å². The third kappa shape index (κ3) is 31.3. The van der Waals surface area contributed by atoms with Gasteiger partial charge >= 0.3 is 25.7 Å². The van der Waals surface area contributed by atoms with Gasteiger partial charge in [0.25, 0.3) is 0 Å². The first-order chi connectivity index (χ1) is 22.6. The van der Waals surface area contributed by atoms with Crippen LogP contribution >= 0.6 is 7.82 Å². The van der Waals surface area contributed by atoms with Crippen LogP contribution in [0.4, 0.5) is 0 Å². The molecule has 47 heavy (non-hydrogen) atoms. The fourth-order valence-corrected chi connectivity index (χ4v) is 5.60. The van der Waals surface area contributed by atoms with Crippen molar-refractivity contribution in [2.24, 2.45) is 5.73 Å². The predicted octanol–water partition coefficient (Wildman–Crippen LogP) is 8.56. The lowest BCUT2D eigenvalue weighted by molar-refractivity contribution is -0.161. The van der Waals surface area contributed by atoms with Crippen molar-refractivity contribution < 1.29 is 47.5 Å². The van der Waals surface area contributed by atoms with Gasteiger partial charge in [0, 0.05) is 12.8 Å². The maximum atomic E-state index is 12.5. The van der Waals surface area contributed by atoms with Crippen LogP contribution in [0.25, 0.3) is 0 Å². The molecular formula is C35H66NO10P. The number of carboxylic acids is 1. The van der Waals surface area contributed by atoms with E-state index in [2.05, 4.69) is 30.5 Å². The van der Waals surface area contributed by atoms with E-state index in [0.717, 1.165) is 57.8 Å². The molecule has 276 valence electrons. The van der Waals surface area contributed by atoms with E-state index in [1.807, 2.05) is 0 Å². The van der Waals surface area contributed by atoms with Crippen LogP contribution in [0.2, 0.25) is 0 Å². The van der Waals surface area contributed by atoms with Crippen LogP contribution in [-0.4, -0.2) is 59.9 Å². The van der Waals surface area contributed by atoms with Crippen LogP contribution in [0.15, 0.2) is 12.2 Å². The van der Waals surface area contributed by atoms with Gasteiger partial charge in [-0.25, -0.2) is 4.57 Å². The topological polar surface area (TPSA) is 172 Å². The molecule has 0 aliphatic rings. The van der Waals surface area contributed by atoms with Crippen LogP contribution < -0.4 is 5.73 Å². The summed E-state index contributed by atoms with van der Waals surface area (Å²) in [7, 11) is -4.70. The number of carbonyl (C=O) groups is 3. The number of unbranched alkanes of at least 4 members (excludes halogenated alkanes) is 18. The second-order valence-electron chi connectivity index (χ2n) is 12.4. The molecule has 0 heterocycles. The molecule has 0 bridgehead atoms. The summed E-state index contributed by atoms with van der Waals surface area (Å²) in [6.07, 6.45) is 27.2. The zero-order valence-corrected chi connectivity index (χ0v) is 30.3. The van der Waals surface area contributed by atoms with Gasteiger partial charge in [-0.15, -0.1) is 0 Å². The number of phosphoric acid groups is 1. The Morgan fingerprint density at radius 2 is 1.06 bits per heavy atom. The van der Waals surface area contributed by atoms with E-state index in [0.29, 0.717) is 12.8 Å². The highest BCUT2D eigenvalue weighted by atomic mass is 31.2. The lowest BCUT2D eigenvalue weighted by atomic mass is 10.1. The van der Waals surface area contributed by atoms with Crippen molar-refractivity contribution in [3.8, 4) is 0 Å². The Hall–Kier alpha value is -1.78. The Morgan fingerprint density at radius 1 is 0.638 bits per heavy atom. The number of aliphatic carboxylic acids is 1. The van der Waals surface area contributed by atoms with Crippen LogP contribution in [0, 0.1) is 0 Å². The average Bonchev–Trinajstić information content (AvgIpc) is 3.04. The number of carboxylic acid groups (broad SMARTS) is 1. The first kappa shape index (κ1) is 45.2. The third-order valence-corrected chi connectivity index (χ3v) is 8.71. The zero-order valence-electron chi connectivity index (χ0n) is 29.4.